The Morgan fingerprint density at radius 1 is 1.48 bits per heavy atom. The number of hydrogen-bond donors (Lipinski definition) is 1. The fraction of sp³-hybridized carbons (Fsp3) is 0.294. The van der Waals surface area contributed by atoms with Gasteiger partial charge in [0.1, 0.15) is 5.00 Å². The third kappa shape index (κ3) is 3.25. The summed E-state index contributed by atoms with van der Waals surface area (Å²) in [6.07, 6.45) is 4.07. The van der Waals surface area contributed by atoms with Crippen LogP contribution in [0.1, 0.15) is 39.7 Å². The highest BCUT2D eigenvalue weighted by atomic mass is 32.1. The molecule has 2 aromatic rings. The summed E-state index contributed by atoms with van der Waals surface area (Å²) in [6.45, 7) is 2.02. The molecule has 130 valence electrons. The monoisotopic (exact) mass is 360 g/mol. The van der Waals surface area contributed by atoms with Crippen molar-refractivity contribution >= 4 is 34.2 Å². The van der Waals surface area contributed by atoms with E-state index in [-0.39, 0.29) is 17.9 Å². The van der Waals surface area contributed by atoms with Crippen LogP contribution in [0.25, 0.3) is 0 Å². The zero-order chi connectivity index (χ0) is 18.0. The lowest BCUT2D eigenvalue weighted by molar-refractivity contribution is -0.385. The number of para-hydroxylation sites is 1. The molecule has 0 aliphatic heterocycles. The SMILES string of the molecule is CCOC(=O)c1c(/N=C/c2cccc([N+](=O)[O-])c2O)sc2c1CCC2. The molecule has 3 rings (SSSR count). The van der Waals surface area contributed by atoms with Crippen LogP contribution in [0.2, 0.25) is 0 Å². The highest BCUT2D eigenvalue weighted by molar-refractivity contribution is 7.16. The van der Waals surface area contributed by atoms with Crippen LogP contribution >= 0.6 is 11.3 Å². The van der Waals surface area contributed by atoms with Crippen LogP contribution in [0.5, 0.6) is 5.75 Å². The number of nitrogens with zero attached hydrogens (tertiary/aromatic N) is 2. The minimum Gasteiger partial charge on any atom is -0.502 e. The van der Waals surface area contributed by atoms with Crippen molar-refractivity contribution in [1.82, 2.24) is 0 Å². The number of esters is 1. The van der Waals surface area contributed by atoms with Crippen LogP contribution in [0.3, 0.4) is 0 Å². The molecular weight excluding hydrogens is 344 g/mol. The Morgan fingerprint density at radius 3 is 3.00 bits per heavy atom. The Bertz CT molecular complexity index is 872. The largest absolute Gasteiger partial charge is 0.502 e. The van der Waals surface area contributed by atoms with Gasteiger partial charge in [0.2, 0.25) is 5.75 Å². The van der Waals surface area contributed by atoms with E-state index in [1.165, 1.54) is 35.8 Å². The summed E-state index contributed by atoms with van der Waals surface area (Å²) in [5, 5.41) is 21.4. The summed E-state index contributed by atoms with van der Waals surface area (Å²) in [6, 6.07) is 4.22. The number of thiophene rings is 1. The summed E-state index contributed by atoms with van der Waals surface area (Å²) in [4.78, 5) is 28.0. The Kier molecular flexibility index (Phi) is 4.80. The minimum atomic E-state index is -0.656. The molecule has 0 saturated heterocycles. The molecule has 0 atom stereocenters. The molecule has 0 amide bonds. The molecule has 1 N–H and O–H groups in total. The molecule has 1 aromatic carbocycles. The number of phenolic OH excluding ortho intramolecular Hbond substituents is 1. The van der Waals surface area contributed by atoms with Gasteiger partial charge in [0.15, 0.2) is 0 Å². The minimum absolute atomic E-state index is 0.220. The van der Waals surface area contributed by atoms with Gasteiger partial charge in [-0.3, -0.25) is 10.1 Å². The predicted molar refractivity (Wildman–Crippen MR) is 94.3 cm³/mol. The normalized spacial score (nSPS) is 13.2. The van der Waals surface area contributed by atoms with E-state index in [0.29, 0.717) is 10.6 Å². The van der Waals surface area contributed by atoms with Crippen molar-refractivity contribution in [3.63, 3.8) is 0 Å². The molecule has 0 bridgehead atoms. The number of hydrogen-bond acceptors (Lipinski definition) is 7. The second-order valence-electron chi connectivity index (χ2n) is 5.49. The zero-order valence-electron chi connectivity index (χ0n) is 13.5. The second kappa shape index (κ2) is 7.02. The number of nitro benzene ring substituents is 1. The van der Waals surface area contributed by atoms with Crippen LogP contribution in [0.15, 0.2) is 23.2 Å². The van der Waals surface area contributed by atoms with E-state index < -0.39 is 16.6 Å². The molecule has 1 aliphatic carbocycles. The van der Waals surface area contributed by atoms with E-state index >= 15 is 0 Å². The van der Waals surface area contributed by atoms with Gasteiger partial charge in [-0.15, -0.1) is 11.3 Å². The number of phenols is 1. The van der Waals surface area contributed by atoms with Crippen LogP contribution in [-0.4, -0.2) is 28.8 Å². The van der Waals surface area contributed by atoms with E-state index in [1.54, 1.807) is 6.92 Å². The first-order chi connectivity index (χ1) is 12.0. The first-order valence-corrected chi connectivity index (χ1v) is 8.66. The third-order valence-electron chi connectivity index (χ3n) is 3.95. The van der Waals surface area contributed by atoms with Crippen LogP contribution in [0.4, 0.5) is 10.7 Å². The number of aliphatic imine (C=N–C) groups is 1. The number of fused-ring (bicyclic) bond motifs is 1. The van der Waals surface area contributed by atoms with Crippen molar-refractivity contribution in [2.24, 2.45) is 4.99 Å². The molecule has 0 unspecified atom stereocenters. The highest BCUT2D eigenvalue weighted by Gasteiger charge is 2.27. The van der Waals surface area contributed by atoms with Gasteiger partial charge in [-0.1, -0.05) is 6.07 Å². The van der Waals surface area contributed by atoms with Crippen molar-refractivity contribution in [3.8, 4) is 5.75 Å². The van der Waals surface area contributed by atoms with Crippen molar-refractivity contribution in [2.75, 3.05) is 6.61 Å². The fourth-order valence-corrected chi connectivity index (χ4v) is 4.04. The van der Waals surface area contributed by atoms with Crippen molar-refractivity contribution in [2.45, 2.75) is 26.2 Å². The van der Waals surface area contributed by atoms with Crippen LogP contribution < -0.4 is 0 Å². The van der Waals surface area contributed by atoms with Gasteiger partial charge in [0.05, 0.1) is 17.1 Å². The molecule has 25 heavy (non-hydrogen) atoms. The number of ether oxygens (including phenoxy) is 1. The number of carbonyl (C=O) groups is 1. The zero-order valence-corrected chi connectivity index (χ0v) is 14.3. The number of aryl methyl sites for hydroxylation is 1. The summed E-state index contributed by atoms with van der Waals surface area (Å²) in [7, 11) is 0. The maximum atomic E-state index is 12.3. The maximum absolute atomic E-state index is 12.3. The topological polar surface area (TPSA) is 102 Å². The molecule has 8 heteroatoms. The number of aromatic hydroxyl groups is 1. The first-order valence-electron chi connectivity index (χ1n) is 7.85. The van der Waals surface area contributed by atoms with Crippen LogP contribution in [0, 0.1) is 10.1 Å². The van der Waals surface area contributed by atoms with E-state index in [2.05, 4.69) is 4.99 Å². The molecule has 1 aromatic heterocycles. The van der Waals surface area contributed by atoms with E-state index in [4.69, 9.17) is 4.74 Å². The average molecular weight is 360 g/mol. The molecule has 7 nitrogen and oxygen atoms in total. The van der Waals surface area contributed by atoms with Gasteiger partial charge < -0.3 is 9.84 Å². The van der Waals surface area contributed by atoms with Gasteiger partial charge in [0, 0.05) is 22.7 Å². The van der Waals surface area contributed by atoms with Crippen molar-refractivity contribution in [1.29, 1.82) is 0 Å². The van der Waals surface area contributed by atoms with Crippen LogP contribution in [-0.2, 0) is 17.6 Å². The number of nitro groups is 1. The fourth-order valence-electron chi connectivity index (χ4n) is 2.82. The Morgan fingerprint density at radius 2 is 2.28 bits per heavy atom. The van der Waals surface area contributed by atoms with E-state index in [9.17, 15) is 20.0 Å². The molecule has 0 spiro atoms. The first kappa shape index (κ1) is 17.1. The van der Waals surface area contributed by atoms with Gasteiger partial charge >= 0.3 is 11.7 Å². The number of rotatable bonds is 5. The predicted octanol–water partition coefficient (Wildman–Crippen LogP) is 3.78. The quantitative estimate of drug-likeness (QED) is 0.378. The number of benzene rings is 1. The smallest absolute Gasteiger partial charge is 0.341 e. The molecule has 0 radical (unpaired) electrons. The molecular formula is C17H16N2O5S. The maximum Gasteiger partial charge on any atom is 0.341 e. The molecule has 0 fully saturated rings. The lowest BCUT2D eigenvalue weighted by Gasteiger charge is -2.03. The Balaban J connectivity index is 1.99. The van der Waals surface area contributed by atoms with Crippen molar-refractivity contribution in [3.05, 3.63) is 49.9 Å². The van der Waals surface area contributed by atoms with Gasteiger partial charge in [-0.25, -0.2) is 9.79 Å². The molecule has 0 saturated carbocycles. The summed E-state index contributed by atoms with van der Waals surface area (Å²) in [5.74, 6) is -0.852. The van der Waals surface area contributed by atoms with Gasteiger partial charge in [-0.05, 0) is 37.8 Å². The standard InChI is InChI=1S/C17H16N2O5S/c1-2-24-17(21)14-11-6-4-8-13(11)25-16(14)18-9-10-5-3-7-12(15(10)20)19(22)23/h3,5,7,9,20H,2,4,6,8H2,1H3/b18-9+. The number of carbonyl (C=O) groups excluding carboxylic acids is 1. The summed E-state index contributed by atoms with van der Waals surface area (Å²) in [5.41, 5.74) is 1.29. The van der Waals surface area contributed by atoms with Crippen molar-refractivity contribution < 1.29 is 19.6 Å². The van der Waals surface area contributed by atoms with E-state index in [1.807, 2.05) is 0 Å². The van der Waals surface area contributed by atoms with E-state index in [0.717, 1.165) is 29.7 Å². The Labute approximate surface area is 147 Å². The van der Waals surface area contributed by atoms with Gasteiger partial charge in [0.25, 0.3) is 0 Å². The third-order valence-corrected chi connectivity index (χ3v) is 5.15. The summed E-state index contributed by atoms with van der Waals surface area (Å²) >= 11 is 1.42. The Hall–Kier alpha value is -2.74. The molecule has 1 aliphatic rings. The average Bonchev–Trinajstić information content (AvgIpc) is 3.14. The second-order valence-corrected chi connectivity index (χ2v) is 6.57. The highest BCUT2D eigenvalue weighted by Crippen LogP contribution is 2.41. The lowest BCUT2D eigenvalue weighted by Crippen LogP contribution is -2.06. The lowest BCUT2D eigenvalue weighted by atomic mass is 10.1. The molecule has 1 heterocycles. The van der Waals surface area contributed by atoms with Gasteiger partial charge in [-0.2, -0.15) is 0 Å². The summed E-state index contributed by atoms with van der Waals surface area (Å²) < 4.78 is 5.13.